The average molecular weight is 245 g/mol. The lowest BCUT2D eigenvalue weighted by atomic mass is 10.1. The van der Waals surface area contributed by atoms with E-state index in [0.29, 0.717) is 19.1 Å². The molecule has 0 aliphatic carbocycles. The summed E-state index contributed by atoms with van der Waals surface area (Å²) in [7, 11) is 3.48. The van der Waals surface area contributed by atoms with Crippen LogP contribution in [0.4, 0.5) is 0 Å². The van der Waals surface area contributed by atoms with Crippen molar-refractivity contribution in [2.24, 2.45) is 7.05 Å². The van der Waals surface area contributed by atoms with Crippen LogP contribution in [0.15, 0.2) is 24.3 Å². The second-order valence-electron chi connectivity index (χ2n) is 4.12. The highest BCUT2D eigenvalue weighted by Gasteiger charge is 2.11. The molecule has 0 atom stereocenters. The zero-order valence-corrected chi connectivity index (χ0v) is 10.9. The van der Waals surface area contributed by atoms with Crippen LogP contribution in [0.25, 0.3) is 11.1 Å². The molecule has 0 fully saturated rings. The summed E-state index contributed by atoms with van der Waals surface area (Å²) in [6.07, 6.45) is 3.15. The summed E-state index contributed by atoms with van der Waals surface area (Å²) in [5.41, 5.74) is 3.17. The van der Waals surface area contributed by atoms with Gasteiger partial charge in [-0.2, -0.15) is 0 Å². The third-order valence-corrected chi connectivity index (χ3v) is 2.59. The summed E-state index contributed by atoms with van der Waals surface area (Å²) >= 11 is 0. The molecule has 0 aliphatic heterocycles. The van der Waals surface area contributed by atoms with Crippen molar-refractivity contribution in [2.45, 2.75) is 6.92 Å². The molecule has 0 unspecified atom stereocenters. The normalized spacial score (nSPS) is 10.6. The van der Waals surface area contributed by atoms with Crippen molar-refractivity contribution >= 4 is 0 Å². The maximum absolute atomic E-state index is 5.59. The summed E-state index contributed by atoms with van der Waals surface area (Å²) in [6, 6.07) is 8.22. The van der Waals surface area contributed by atoms with E-state index < -0.39 is 0 Å². The van der Waals surface area contributed by atoms with Gasteiger partial charge in [0.15, 0.2) is 0 Å². The molecule has 4 heteroatoms. The van der Waals surface area contributed by atoms with Crippen molar-refractivity contribution in [1.29, 1.82) is 0 Å². The van der Waals surface area contributed by atoms with Crippen LogP contribution < -0.4 is 4.74 Å². The van der Waals surface area contributed by atoms with Gasteiger partial charge < -0.3 is 9.47 Å². The van der Waals surface area contributed by atoms with Crippen LogP contribution in [0.1, 0.15) is 5.56 Å². The number of aryl methyl sites for hydroxylation is 2. The van der Waals surface area contributed by atoms with Crippen molar-refractivity contribution in [1.82, 2.24) is 9.78 Å². The molecule has 1 heterocycles. The number of aromatic nitrogens is 2. The Bertz CT molecular complexity index is 503. The quantitative estimate of drug-likeness (QED) is 0.758. The summed E-state index contributed by atoms with van der Waals surface area (Å²) in [5, 5.41) is 4.26. The highest BCUT2D eigenvalue weighted by atomic mass is 16.5. The van der Waals surface area contributed by atoms with Gasteiger partial charge in [-0.1, -0.05) is 29.8 Å². The molecule has 0 spiro atoms. The first-order chi connectivity index (χ1) is 8.70. The monoisotopic (exact) mass is 245 g/mol. The van der Waals surface area contributed by atoms with Crippen LogP contribution in [-0.2, 0) is 11.8 Å². The zero-order chi connectivity index (χ0) is 13.0. The first-order valence-electron chi connectivity index (χ1n) is 5.86. The molecule has 1 aromatic heterocycles. The summed E-state index contributed by atoms with van der Waals surface area (Å²) in [6.45, 7) is 3.09. The first-order valence-corrected chi connectivity index (χ1v) is 5.86. The largest absolute Gasteiger partial charge is 0.474 e. The number of methoxy groups -OCH3 is 1. The van der Waals surface area contributed by atoms with Crippen LogP contribution >= 0.6 is 0 Å². The van der Waals surface area contributed by atoms with E-state index in [0.717, 1.165) is 11.1 Å². The Balaban J connectivity index is 2.23. The fraction of sp³-hybridized carbons (Fsp3) is 0.357. The summed E-state index contributed by atoms with van der Waals surface area (Å²) in [5.74, 6) is 0.596. The van der Waals surface area contributed by atoms with Gasteiger partial charge in [0.05, 0.1) is 18.4 Å². The minimum absolute atomic E-state index is 0.486. The smallest absolute Gasteiger partial charge is 0.241 e. The van der Waals surface area contributed by atoms with Gasteiger partial charge >= 0.3 is 0 Å². The Labute approximate surface area is 107 Å². The van der Waals surface area contributed by atoms with E-state index >= 15 is 0 Å². The van der Waals surface area contributed by atoms with Crippen LogP contribution in [0.2, 0.25) is 0 Å². The molecule has 0 aliphatic rings. The molecular weight excluding hydrogens is 228 g/mol. The summed E-state index contributed by atoms with van der Waals surface area (Å²) in [4.78, 5) is 0. The second kappa shape index (κ2) is 5.69. The predicted molar refractivity (Wildman–Crippen MR) is 69.6 cm³/mol. The Morgan fingerprint density at radius 3 is 2.61 bits per heavy atom. The van der Waals surface area contributed by atoms with Crippen LogP contribution in [-0.4, -0.2) is 30.1 Å². The van der Waals surface area contributed by atoms with Gasteiger partial charge in [-0.25, -0.2) is 0 Å². The number of hydrogen-bond donors (Lipinski definition) is 0. The molecule has 0 amide bonds. The molecule has 4 nitrogen and oxygen atoms in total. The van der Waals surface area contributed by atoms with Gasteiger partial charge in [-0.3, -0.25) is 4.68 Å². The van der Waals surface area contributed by atoms with Gasteiger partial charge in [0, 0.05) is 14.2 Å². The number of rotatable bonds is 5. The van der Waals surface area contributed by atoms with Gasteiger partial charge in [0.2, 0.25) is 5.88 Å². The molecule has 18 heavy (non-hydrogen) atoms. The molecule has 0 saturated carbocycles. The minimum atomic E-state index is 0.486. The van der Waals surface area contributed by atoms with Gasteiger partial charge in [-0.05, 0) is 12.5 Å². The second-order valence-corrected chi connectivity index (χ2v) is 4.12. The fourth-order valence-corrected chi connectivity index (χ4v) is 1.65. The first kappa shape index (κ1) is 12.6. The van der Waals surface area contributed by atoms with Crippen LogP contribution in [0, 0.1) is 13.1 Å². The van der Waals surface area contributed by atoms with E-state index in [2.05, 4.69) is 30.4 Å². The van der Waals surface area contributed by atoms with Crippen LogP contribution in [0.3, 0.4) is 0 Å². The lowest BCUT2D eigenvalue weighted by Crippen LogP contribution is -2.05. The van der Waals surface area contributed by atoms with Gasteiger partial charge in [0.25, 0.3) is 0 Å². The van der Waals surface area contributed by atoms with E-state index in [1.54, 1.807) is 11.8 Å². The van der Waals surface area contributed by atoms with Crippen LogP contribution in [0.5, 0.6) is 5.88 Å². The van der Waals surface area contributed by atoms with E-state index in [1.807, 2.05) is 19.2 Å². The highest BCUT2D eigenvalue weighted by molar-refractivity contribution is 5.67. The number of benzene rings is 1. The molecular formula is C14H17N2O2. The molecule has 1 radical (unpaired) electrons. The van der Waals surface area contributed by atoms with Crippen molar-refractivity contribution in [3.8, 4) is 17.0 Å². The zero-order valence-electron chi connectivity index (χ0n) is 10.9. The average Bonchev–Trinajstić information content (AvgIpc) is 2.72. The Morgan fingerprint density at radius 1 is 1.22 bits per heavy atom. The predicted octanol–water partition coefficient (Wildman–Crippen LogP) is 2.22. The standard InChI is InChI=1S/C14H17N2O2/c1-11-4-6-12(7-5-11)13-10-16(2)15-14(13)18-9-8-17-3/h4-7H,8-9H2,1-3H3. The van der Waals surface area contributed by atoms with E-state index in [1.165, 1.54) is 5.56 Å². The SMILES string of the molecule is COCCOc1nn(C)[c]c1-c1ccc(C)cc1. The van der Waals surface area contributed by atoms with Gasteiger partial charge in [0.1, 0.15) is 6.61 Å². The maximum Gasteiger partial charge on any atom is 0.241 e. The van der Waals surface area contributed by atoms with Crippen molar-refractivity contribution in [3.63, 3.8) is 0 Å². The molecule has 0 N–H and O–H groups in total. The minimum Gasteiger partial charge on any atom is -0.474 e. The maximum atomic E-state index is 5.59. The fourth-order valence-electron chi connectivity index (χ4n) is 1.65. The number of hydrogen-bond acceptors (Lipinski definition) is 3. The Morgan fingerprint density at radius 2 is 1.94 bits per heavy atom. The molecule has 2 rings (SSSR count). The molecule has 1 aromatic carbocycles. The van der Waals surface area contributed by atoms with Crippen molar-refractivity contribution in [3.05, 3.63) is 36.0 Å². The highest BCUT2D eigenvalue weighted by Crippen LogP contribution is 2.28. The number of ether oxygens (including phenoxy) is 2. The summed E-state index contributed by atoms with van der Waals surface area (Å²) < 4.78 is 12.2. The van der Waals surface area contributed by atoms with Gasteiger partial charge in [-0.15, -0.1) is 5.10 Å². The Kier molecular flexibility index (Phi) is 3.99. The molecule has 0 saturated heterocycles. The molecule has 95 valence electrons. The lowest BCUT2D eigenvalue weighted by molar-refractivity contribution is 0.143. The third kappa shape index (κ3) is 2.90. The van der Waals surface area contributed by atoms with E-state index in [-0.39, 0.29) is 0 Å². The van der Waals surface area contributed by atoms with Crippen molar-refractivity contribution < 1.29 is 9.47 Å². The molecule has 0 bridgehead atoms. The third-order valence-electron chi connectivity index (χ3n) is 2.59. The molecule has 2 aromatic rings. The number of nitrogens with zero attached hydrogens (tertiary/aromatic N) is 2. The van der Waals surface area contributed by atoms with E-state index in [4.69, 9.17) is 9.47 Å². The Hall–Kier alpha value is -1.81. The van der Waals surface area contributed by atoms with E-state index in [9.17, 15) is 0 Å². The topological polar surface area (TPSA) is 36.3 Å². The van der Waals surface area contributed by atoms with Crippen molar-refractivity contribution in [2.75, 3.05) is 20.3 Å². The lowest BCUT2D eigenvalue weighted by Gasteiger charge is -2.05.